The third-order valence-electron chi connectivity index (χ3n) is 2.32. The number of hydrogen-bond donors (Lipinski definition) is 1. The van der Waals surface area contributed by atoms with Crippen LogP contribution in [0.2, 0.25) is 0 Å². The number of nitrogens with two attached hydrogens (primary N) is 1. The van der Waals surface area contributed by atoms with Crippen LogP contribution in [0.25, 0.3) is 0 Å². The van der Waals surface area contributed by atoms with Crippen molar-refractivity contribution >= 4 is 5.91 Å². The minimum atomic E-state index is 0.148. The molecule has 3 nitrogen and oxygen atoms in total. The SMILES string of the molecule is CN(CCCN)C(=O)Cc1ccccc1. The van der Waals surface area contributed by atoms with Gasteiger partial charge in [0.1, 0.15) is 0 Å². The van der Waals surface area contributed by atoms with Crippen molar-refractivity contribution in [2.75, 3.05) is 20.1 Å². The fourth-order valence-corrected chi connectivity index (χ4v) is 1.36. The topological polar surface area (TPSA) is 46.3 Å². The summed E-state index contributed by atoms with van der Waals surface area (Å²) in [5.74, 6) is 0.148. The van der Waals surface area contributed by atoms with Crippen molar-refractivity contribution in [2.24, 2.45) is 5.73 Å². The van der Waals surface area contributed by atoms with Crippen molar-refractivity contribution in [3.63, 3.8) is 0 Å². The summed E-state index contributed by atoms with van der Waals surface area (Å²) in [6.07, 6.45) is 1.33. The number of nitrogens with zero attached hydrogens (tertiary/aromatic N) is 1. The summed E-state index contributed by atoms with van der Waals surface area (Å²) in [6.45, 7) is 1.37. The number of hydrogen-bond acceptors (Lipinski definition) is 2. The van der Waals surface area contributed by atoms with Crippen molar-refractivity contribution in [2.45, 2.75) is 12.8 Å². The van der Waals surface area contributed by atoms with Gasteiger partial charge >= 0.3 is 0 Å². The van der Waals surface area contributed by atoms with E-state index < -0.39 is 0 Å². The van der Waals surface area contributed by atoms with Crippen molar-refractivity contribution < 1.29 is 4.79 Å². The highest BCUT2D eigenvalue weighted by atomic mass is 16.2. The number of amides is 1. The molecular formula is C12H18N2O. The van der Waals surface area contributed by atoms with Crippen LogP contribution in [0.15, 0.2) is 30.3 Å². The Morgan fingerprint density at radius 2 is 2.00 bits per heavy atom. The van der Waals surface area contributed by atoms with Gasteiger partial charge in [-0.3, -0.25) is 4.79 Å². The Morgan fingerprint density at radius 1 is 1.33 bits per heavy atom. The molecule has 0 radical (unpaired) electrons. The standard InChI is InChI=1S/C12H18N2O/c1-14(9-5-8-13)12(15)10-11-6-3-2-4-7-11/h2-4,6-7H,5,8-10,13H2,1H3. The lowest BCUT2D eigenvalue weighted by molar-refractivity contribution is -0.129. The maximum atomic E-state index is 11.7. The molecule has 0 saturated carbocycles. The number of benzene rings is 1. The molecule has 3 heteroatoms. The van der Waals surface area contributed by atoms with Gasteiger partial charge in [0.25, 0.3) is 0 Å². The van der Waals surface area contributed by atoms with Crippen LogP contribution in [-0.4, -0.2) is 30.9 Å². The Hall–Kier alpha value is -1.35. The molecule has 0 unspecified atom stereocenters. The lowest BCUT2D eigenvalue weighted by Crippen LogP contribution is -2.30. The smallest absolute Gasteiger partial charge is 0.226 e. The lowest BCUT2D eigenvalue weighted by Gasteiger charge is -2.16. The van der Waals surface area contributed by atoms with Gasteiger partial charge in [0.2, 0.25) is 5.91 Å². The summed E-state index contributed by atoms with van der Waals surface area (Å²) in [6, 6.07) is 9.78. The summed E-state index contributed by atoms with van der Waals surface area (Å²) in [5, 5.41) is 0. The van der Waals surface area contributed by atoms with Crippen LogP contribution in [-0.2, 0) is 11.2 Å². The Labute approximate surface area is 90.9 Å². The van der Waals surface area contributed by atoms with E-state index in [4.69, 9.17) is 5.73 Å². The number of rotatable bonds is 5. The van der Waals surface area contributed by atoms with Crippen LogP contribution in [0.4, 0.5) is 0 Å². The molecule has 0 aliphatic carbocycles. The molecule has 1 aromatic rings. The summed E-state index contributed by atoms with van der Waals surface area (Å²) in [7, 11) is 1.82. The lowest BCUT2D eigenvalue weighted by atomic mass is 10.1. The van der Waals surface area contributed by atoms with Crippen LogP contribution in [0, 0.1) is 0 Å². The molecule has 0 bridgehead atoms. The monoisotopic (exact) mass is 206 g/mol. The molecule has 0 spiro atoms. The quantitative estimate of drug-likeness (QED) is 0.782. The van der Waals surface area contributed by atoms with Gasteiger partial charge in [-0.2, -0.15) is 0 Å². The minimum absolute atomic E-state index is 0.148. The van der Waals surface area contributed by atoms with E-state index in [1.54, 1.807) is 4.90 Å². The van der Waals surface area contributed by atoms with E-state index in [1.165, 1.54) is 0 Å². The molecule has 1 rings (SSSR count). The van der Waals surface area contributed by atoms with E-state index in [0.717, 1.165) is 18.5 Å². The second kappa shape index (κ2) is 6.19. The van der Waals surface area contributed by atoms with Crippen molar-refractivity contribution in [1.82, 2.24) is 4.90 Å². The molecule has 1 aromatic carbocycles. The van der Waals surface area contributed by atoms with Crippen LogP contribution in [0.5, 0.6) is 0 Å². The molecule has 82 valence electrons. The number of likely N-dealkylation sites (N-methyl/N-ethyl adjacent to an activating group) is 1. The fourth-order valence-electron chi connectivity index (χ4n) is 1.36. The van der Waals surface area contributed by atoms with Crippen molar-refractivity contribution in [3.8, 4) is 0 Å². The molecule has 2 N–H and O–H groups in total. The van der Waals surface area contributed by atoms with Crippen molar-refractivity contribution in [3.05, 3.63) is 35.9 Å². The molecule has 1 amide bonds. The van der Waals surface area contributed by atoms with Gasteiger partial charge in [0.15, 0.2) is 0 Å². The fraction of sp³-hybridized carbons (Fsp3) is 0.417. The molecule has 0 aliphatic heterocycles. The van der Waals surface area contributed by atoms with Gasteiger partial charge in [-0.05, 0) is 18.5 Å². The Bertz CT molecular complexity index is 298. The molecule has 0 atom stereocenters. The summed E-state index contributed by atoms with van der Waals surface area (Å²) in [5.41, 5.74) is 6.45. The second-order valence-electron chi connectivity index (χ2n) is 3.62. The first kappa shape index (κ1) is 11.7. The minimum Gasteiger partial charge on any atom is -0.345 e. The molecule has 0 saturated heterocycles. The van der Waals surface area contributed by atoms with E-state index in [-0.39, 0.29) is 5.91 Å². The zero-order valence-corrected chi connectivity index (χ0v) is 9.15. The Balaban J connectivity index is 2.42. The number of carbonyl (C=O) groups excluding carboxylic acids is 1. The van der Waals surface area contributed by atoms with E-state index in [0.29, 0.717) is 13.0 Å². The first-order valence-electron chi connectivity index (χ1n) is 5.22. The zero-order chi connectivity index (χ0) is 11.1. The Morgan fingerprint density at radius 3 is 2.60 bits per heavy atom. The maximum absolute atomic E-state index is 11.7. The van der Waals surface area contributed by atoms with Gasteiger partial charge < -0.3 is 10.6 Å². The molecule has 0 aliphatic rings. The van der Waals surface area contributed by atoms with Crippen LogP contribution < -0.4 is 5.73 Å². The summed E-state index contributed by atoms with van der Waals surface area (Å²) >= 11 is 0. The highest BCUT2D eigenvalue weighted by Gasteiger charge is 2.08. The van der Waals surface area contributed by atoms with E-state index in [9.17, 15) is 4.79 Å². The van der Waals surface area contributed by atoms with Crippen molar-refractivity contribution in [1.29, 1.82) is 0 Å². The first-order valence-corrected chi connectivity index (χ1v) is 5.22. The molecule has 15 heavy (non-hydrogen) atoms. The second-order valence-corrected chi connectivity index (χ2v) is 3.62. The van der Waals surface area contributed by atoms with Gasteiger partial charge in [-0.1, -0.05) is 30.3 Å². The van der Waals surface area contributed by atoms with E-state index >= 15 is 0 Å². The molecule has 0 heterocycles. The molecular weight excluding hydrogens is 188 g/mol. The Kier molecular flexibility index (Phi) is 4.84. The van der Waals surface area contributed by atoms with Gasteiger partial charge in [-0.15, -0.1) is 0 Å². The predicted molar refractivity (Wildman–Crippen MR) is 61.5 cm³/mol. The summed E-state index contributed by atoms with van der Waals surface area (Å²) in [4.78, 5) is 13.4. The van der Waals surface area contributed by atoms with Crippen LogP contribution >= 0.6 is 0 Å². The first-order chi connectivity index (χ1) is 7.24. The van der Waals surface area contributed by atoms with Crippen LogP contribution in [0.3, 0.4) is 0 Å². The van der Waals surface area contributed by atoms with Gasteiger partial charge in [0, 0.05) is 13.6 Å². The summed E-state index contributed by atoms with van der Waals surface area (Å²) < 4.78 is 0. The predicted octanol–water partition coefficient (Wildman–Crippen LogP) is 1.04. The zero-order valence-electron chi connectivity index (χ0n) is 9.15. The molecule has 0 fully saturated rings. The normalized spacial score (nSPS) is 10.0. The largest absolute Gasteiger partial charge is 0.345 e. The third kappa shape index (κ3) is 4.13. The third-order valence-corrected chi connectivity index (χ3v) is 2.32. The number of carbonyl (C=O) groups is 1. The maximum Gasteiger partial charge on any atom is 0.226 e. The van der Waals surface area contributed by atoms with E-state index in [2.05, 4.69) is 0 Å². The van der Waals surface area contributed by atoms with Gasteiger partial charge in [-0.25, -0.2) is 0 Å². The highest BCUT2D eigenvalue weighted by Crippen LogP contribution is 2.02. The average Bonchev–Trinajstić information content (AvgIpc) is 2.27. The van der Waals surface area contributed by atoms with Crippen LogP contribution in [0.1, 0.15) is 12.0 Å². The molecule has 0 aromatic heterocycles. The average molecular weight is 206 g/mol. The highest BCUT2D eigenvalue weighted by molar-refractivity contribution is 5.78. The van der Waals surface area contributed by atoms with Gasteiger partial charge in [0.05, 0.1) is 6.42 Å². The van der Waals surface area contributed by atoms with E-state index in [1.807, 2.05) is 37.4 Å².